The van der Waals surface area contributed by atoms with E-state index < -0.39 is 5.97 Å². The molecule has 0 aliphatic rings. The first-order valence-electron chi connectivity index (χ1n) is 10.3. The van der Waals surface area contributed by atoms with E-state index in [0.29, 0.717) is 25.0 Å². The van der Waals surface area contributed by atoms with E-state index in [-0.39, 0.29) is 11.5 Å². The van der Waals surface area contributed by atoms with E-state index in [1.54, 1.807) is 18.2 Å². The molecular weight excluding hydrogens is 376 g/mol. The van der Waals surface area contributed by atoms with Crippen LogP contribution in [0.5, 0.6) is 17.2 Å². The summed E-state index contributed by atoms with van der Waals surface area (Å²) >= 11 is 0. The number of ether oxygens (including phenoxy) is 1. The first kappa shape index (κ1) is 23.3. The zero-order valence-electron chi connectivity index (χ0n) is 18.6. The number of rotatable bonds is 8. The van der Waals surface area contributed by atoms with Gasteiger partial charge in [0.15, 0.2) is 0 Å². The predicted octanol–water partition coefficient (Wildman–Crippen LogP) is 5.83. The topological polar surface area (TPSA) is 66.8 Å². The van der Waals surface area contributed by atoms with Gasteiger partial charge in [0.2, 0.25) is 0 Å². The number of esters is 1. The smallest absolute Gasteiger partial charge is 0.308 e. The van der Waals surface area contributed by atoms with Crippen molar-refractivity contribution in [2.45, 2.75) is 60.3 Å². The Morgan fingerprint density at radius 3 is 1.93 bits per heavy atom. The van der Waals surface area contributed by atoms with Crippen molar-refractivity contribution in [1.29, 1.82) is 0 Å². The minimum Gasteiger partial charge on any atom is -0.508 e. The number of benzene rings is 2. The van der Waals surface area contributed by atoms with Crippen LogP contribution in [0.4, 0.5) is 0 Å². The van der Waals surface area contributed by atoms with Crippen LogP contribution in [0.3, 0.4) is 0 Å². The van der Waals surface area contributed by atoms with Gasteiger partial charge in [-0.25, -0.2) is 0 Å². The third-order valence-corrected chi connectivity index (χ3v) is 4.89. The zero-order chi connectivity index (χ0) is 22.3. The first-order valence-corrected chi connectivity index (χ1v) is 10.3. The molecule has 2 aromatic rings. The Morgan fingerprint density at radius 2 is 1.40 bits per heavy atom. The monoisotopic (exact) mass is 408 g/mol. The lowest BCUT2D eigenvalue weighted by molar-refractivity contribution is -0.131. The SMILES string of the molecule is CC(=O)Oc1cc(O)c(CC=C(C)C)c(CCc2ccc(O)cc2)c1CC=C(C)C. The van der Waals surface area contributed by atoms with E-state index in [0.717, 1.165) is 28.7 Å². The Hall–Kier alpha value is -3.01. The van der Waals surface area contributed by atoms with Crippen LogP contribution in [0.1, 0.15) is 56.9 Å². The van der Waals surface area contributed by atoms with E-state index >= 15 is 0 Å². The number of carbonyl (C=O) groups excluding carboxylic acids is 1. The van der Waals surface area contributed by atoms with Crippen molar-refractivity contribution in [1.82, 2.24) is 0 Å². The average Bonchev–Trinajstić information content (AvgIpc) is 2.65. The summed E-state index contributed by atoms with van der Waals surface area (Å²) in [5, 5.41) is 20.3. The Kier molecular flexibility index (Phi) is 8.28. The fourth-order valence-electron chi connectivity index (χ4n) is 3.33. The highest BCUT2D eigenvalue weighted by Gasteiger charge is 2.19. The van der Waals surface area contributed by atoms with Gasteiger partial charge < -0.3 is 14.9 Å². The fraction of sp³-hybridized carbons (Fsp3) is 0.346. The van der Waals surface area contributed by atoms with E-state index in [1.807, 2.05) is 39.8 Å². The molecule has 0 atom stereocenters. The van der Waals surface area contributed by atoms with Crippen LogP contribution >= 0.6 is 0 Å². The summed E-state index contributed by atoms with van der Waals surface area (Å²) in [4.78, 5) is 11.7. The van der Waals surface area contributed by atoms with Crippen LogP contribution in [-0.4, -0.2) is 16.2 Å². The molecule has 0 saturated carbocycles. The van der Waals surface area contributed by atoms with Crippen molar-refractivity contribution < 1.29 is 19.7 Å². The van der Waals surface area contributed by atoms with Gasteiger partial charge in [-0.15, -0.1) is 0 Å². The average molecular weight is 409 g/mol. The first-order chi connectivity index (χ1) is 14.2. The van der Waals surface area contributed by atoms with Crippen molar-refractivity contribution in [3.05, 3.63) is 75.9 Å². The molecule has 0 amide bonds. The third kappa shape index (κ3) is 6.80. The predicted molar refractivity (Wildman–Crippen MR) is 121 cm³/mol. The van der Waals surface area contributed by atoms with Gasteiger partial charge in [0.05, 0.1) is 0 Å². The lowest BCUT2D eigenvalue weighted by Crippen LogP contribution is -2.09. The largest absolute Gasteiger partial charge is 0.508 e. The number of phenols is 2. The highest BCUT2D eigenvalue weighted by molar-refractivity contribution is 5.71. The summed E-state index contributed by atoms with van der Waals surface area (Å²) in [5.41, 5.74) is 6.24. The summed E-state index contributed by atoms with van der Waals surface area (Å²) in [6, 6.07) is 8.72. The molecule has 0 aliphatic carbocycles. The second kappa shape index (κ2) is 10.7. The van der Waals surface area contributed by atoms with Gasteiger partial charge in [0, 0.05) is 24.1 Å². The molecule has 0 fully saturated rings. The third-order valence-electron chi connectivity index (χ3n) is 4.89. The summed E-state index contributed by atoms with van der Waals surface area (Å²) < 4.78 is 5.47. The van der Waals surface area contributed by atoms with Gasteiger partial charge in [0.25, 0.3) is 0 Å². The number of phenolic OH excluding ortho intramolecular Hbond substituents is 2. The van der Waals surface area contributed by atoms with Crippen molar-refractivity contribution in [2.75, 3.05) is 0 Å². The van der Waals surface area contributed by atoms with E-state index in [9.17, 15) is 15.0 Å². The quantitative estimate of drug-likeness (QED) is 0.328. The lowest BCUT2D eigenvalue weighted by Gasteiger charge is -2.19. The fourth-order valence-corrected chi connectivity index (χ4v) is 3.33. The van der Waals surface area contributed by atoms with Crippen LogP contribution in [-0.2, 0) is 30.5 Å². The normalized spacial score (nSPS) is 10.4. The number of carbonyl (C=O) groups is 1. The number of hydrogen-bond acceptors (Lipinski definition) is 4. The molecule has 2 aromatic carbocycles. The Bertz CT molecular complexity index is 942. The van der Waals surface area contributed by atoms with E-state index in [4.69, 9.17) is 4.74 Å². The standard InChI is InChI=1S/C26H32O4/c1-17(2)6-13-23-22(15-10-20-8-11-21(28)12-9-20)24(14-7-18(3)4)26(16-25(23)29)30-19(5)27/h6-9,11-12,16,28-29H,10,13-15H2,1-5H3. The minimum atomic E-state index is -0.408. The second-order valence-electron chi connectivity index (χ2n) is 8.06. The van der Waals surface area contributed by atoms with Crippen molar-refractivity contribution in [2.24, 2.45) is 0 Å². The van der Waals surface area contributed by atoms with Gasteiger partial charge in [-0.2, -0.15) is 0 Å². The molecule has 0 bridgehead atoms. The number of aromatic hydroxyl groups is 2. The van der Waals surface area contributed by atoms with Crippen LogP contribution in [0.15, 0.2) is 53.6 Å². The molecule has 2 N–H and O–H groups in total. The summed E-state index contributed by atoms with van der Waals surface area (Å²) in [6.07, 6.45) is 6.86. The Morgan fingerprint density at radius 1 is 0.833 bits per heavy atom. The summed E-state index contributed by atoms with van der Waals surface area (Å²) in [7, 11) is 0. The summed E-state index contributed by atoms with van der Waals surface area (Å²) in [5.74, 6) is 0.390. The van der Waals surface area contributed by atoms with Crippen LogP contribution in [0.2, 0.25) is 0 Å². The molecule has 2 rings (SSSR count). The highest BCUT2D eigenvalue weighted by Crippen LogP contribution is 2.36. The molecule has 160 valence electrons. The number of allylic oxidation sites excluding steroid dienone is 4. The Labute approximate surface area is 179 Å². The second-order valence-corrected chi connectivity index (χ2v) is 8.06. The van der Waals surface area contributed by atoms with Crippen LogP contribution < -0.4 is 4.74 Å². The van der Waals surface area contributed by atoms with Gasteiger partial charge in [-0.3, -0.25) is 4.79 Å². The van der Waals surface area contributed by atoms with Gasteiger partial charge in [-0.05, 0) is 76.6 Å². The lowest BCUT2D eigenvalue weighted by atomic mass is 9.89. The van der Waals surface area contributed by atoms with Gasteiger partial charge >= 0.3 is 5.97 Å². The molecule has 0 saturated heterocycles. The van der Waals surface area contributed by atoms with Crippen LogP contribution in [0, 0.1) is 0 Å². The van der Waals surface area contributed by atoms with E-state index in [1.165, 1.54) is 18.1 Å². The Balaban J connectivity index is 2.57. The number of hydrogen-bond donors (Lipinski definition) is 2. The maximum Gasteiger partial charge on any atom is 0.308 e. The molecule has 0 radical (unpaired) electrons. The zero-order valence-corrected chi connectivity index (χ0v) is 18.6. The van der Waals surface area contributed by atoms with Gasteiger partial charge in [-0.1, -0.05) is 35.4 Å². The van der Waals surface area contributed by atoms with Crippen LogP contribution in [0.25, 0.3) is 0 Å². The molecule has 0 aliphatic heterocycles. The van der Waals surface area contributed by atoms with Crippen molar-refractivity contribution in [3.63, 3.8) is 0 Å². The maximum absolute atomic E-state index is 11.7. The number of aryl methyl sites for hydroxylation is 1. The molecule has 0 heterocycles. The van der Waals surface area contributed by atoms with Crippen molar-refractivity contribution >= 4 is 5.97 Å². The molecule has 0 aromatic heterocycles. The molecule has 0 spiro atoms. The minimum absolute atomic E-state index is 0.144. The molecule has 4 nitrogen and oxygen atoms in total. The highest BCUT2D eigenvalue weighted by atomic mass is 16.5. The van der Waals surface area contributed by atoms with Gasteiger partial charge in [0.1, 0.15) is 17.2 Å². The molecule has 0 unspecified atom stereocenters. The summed E-state index contributed by atoms with van der Waals surface area (Å²) in [6.45, 7) is 9.50. The molecular formula is C26H32O4. The van der Waals surface area contributed by atoms with Crippen molar-refractivity contribution in [3.8, 4) is 17.2 Å². The maximum atomic E-state index is 11.7. The molecule has 4 heteroatoms. The molecule has 30 heavy (non-hydrogen) atoms. The van der Waals surface area contributed by atoms with E-state index in [2.05, 4.69) is 12.2 Å².